The summed E-state index contributed by atoms with van der Waals surface area (Å²) in [6, 6.07) is 6.68. The van der Waals surface area contributed by atoms with Crippen LogP contribution in [0.3, 0.4) is 0 Å². The van der Waals surface area contributed by atoms with Crippen molar-refractivity contribution in [3.05, 3.63) is 74.6 Å². The first-order valence-corrected chi connectivity index (χ1v) is 15.8. The van der Waals surface area contributed by atoms with E-state index in [4.69, 9.17) is 16.6 Å². The fourth-order valence-electron chi connectivity index (χ4n) is 5.37. The number of aromatic nitrogens is 5. The molecule has 4 heterocycles. The molecule has 0 unspecified atom stereocenters. The SMILES string of the molecule is Cc1cc([C@@H](C)Nc2ccc(Cl)nc2C(=O)NS(C)(=O)=O)c2nc(N3CCC(n4cc(C)cn4)CC3)n(C)c(=O)c2c1. The van der Waals surface area contributed by atoms with Gasteiger partial charge in [-0.3, -0.25) is 18.8 Å². The van der Waals surface area contributed by atoms with Gasteiger partial charge in [-0.1, -0.05) is 17.7 Å². The summed E-state index contributed by atoms with van der Waals surface area (Å²) in [5.41, 5.74) is 3.25. The molecule has 3 aromatic heterocycles. The van der Waals surface area contributed by atoms with E-state index < -0.39 is 22.0 Å². The van der Waals surface area contributed by atoms with E-state index in [0.29, 0.717) is 16.9 Å². The Morgan fingerprint density at radius 1 is 1.12 bits per heavy atom. The number of carbonyl (C=O) groups excluding carboxylic acids is 1. The van der Waals surface area contributed by atoms with E-state index in [1.165, 1.54) is 6.07 Å². The Bertz CT molecular complexity index is 1840. The Kier molecular flexibility index (Phi) is 7.99. The zero-order valence-corrected chi connectivity index (χ0v) is 25.6. The molecule has 0 radical (unpaired) electrons. The first kappa shape index (κ1) is 29.5. The minimum atomic E-state index is -3.83. The lowest BCUT2D eigenvalue weighted by atomic mass is 10.0. The maximum Gasteiger partial charge on any atom is 0.285 e. The van der Waals surface area contributed by atoms with Gasteiger partial charge in [-0.2, -0.15) is 5.10 Å². The summed E-state index contributed by atoms with van der Waals surface area (Å²) < 4.78 is 28.9. The fraction of sp³-hybridized carbons (Fsp3) is 0.393. The monoisotopic (exact) mass is 612 g/mol. The number of benzene rings is 1. The maximum absolute atomic E-state index is 13.6. The van der Waals surface area contributed by atoms with Crippen LogP contribution in [0.15, 0.2) is 41.5 Å². The number of nitrogens with zero attached hydrogens (tertiary/aromatic N) is 6. The Hall–Kier alpha value is -3.97. The summed E-state index contributed by atoms with van der Waals surface area (Å²) >= 11 is 6.03. The summed E-state index contributed by atoms with van der Waals surface area (Å²) in [6.07, 6.45) is 6.54. The minimum Gasteiger partial charge on any atom is -0.377 e. The van der Waals surface area contributed by atoms with E-state index in [9.17, 15) is 18.0 Å². The van der Waals surface area contributed by atoms with Gasteiger partial charge in [0.05, 0.1) is 41.1 Å². The smallest absolute Gasteiger partial charge is 0.285 e. The van der Waals surface area contributed by atoms with Gasteiger partial charge >= 0.3 is 0 Å². The molecule has 4 aromatic rings. The lowest BCUT2D eigenvalue weighted by Gasteiger charge is -2.33. The van der Waals surface area contributed by atoms with Crippen molar-refractivity contribution in [3.63, 3.8) is 0 Å². The van der Waals surface area contributed by atoms with E-state index in [-0.39, 0.29) is 28.1 Å². The molecule has 12 nitrogen and oxygen atoms in total. The molecule has 42 heavy (non-hydrogen) atoms. The van der Waals surface area contributed by atoms with Crippen LogP contribution >= 0.6 is 11.6 Å². The Morgan fingerprint density at radius 3 is 2.48 bits per heavy atom. The number of sulfonamides is 1. The number of amides is 1. The van der Waals surface area contributed by atoms with Crippen LogP contribution in [-0.4, -0.2) is 58.0 Å². The average Bonchev–Trinajstić information content (AvgIpc) is 3.37. The van der Waals surface area contributed by atoms with Gasteiger partial charge in [-0.15, -0.1) is 0 Å². The molecule has 1 amide bonds. The van der Waals surface area contributed by atoms with Crippen molar-refractivity contribution in [3.8, 4) is 0 Å². The van der Waals surface area contributed by atoms with E-state index in [2.05, 4.69) is 26.5 Å². The van der Waals surface area contributed by atoms with Crippen LogP contribution < -0.4 is 20.5 Å². The highest BCUT2D eigenvalue weighted by Gasteiger charge is 2.26. The number of nitrogens with one attached hydrogen (secondary N) is 2. The predicted molar refractivity (Wildman–Crippen MR) is 163 cm³/mol. The van der Waals surface area contributed by atoms with E-state index in [0.717, 1.165) is 48.9 Å². The van der Waals surface area contributed by atoms with Crippen LogP contribution in [0.1, 0.15) is 59.0 Å². The molecular formula is C28H33ClN8O4S. The van der Waals surface area contributed by atoms with Crippen molar-refractivity contribution < 1.29 is 13.2 Å². The largest absolute Gasteiger partial charge is 0.377 e. The van der Waals surface area contributed by atoms with Gasteiger partial charge in [0.2, 0.25) is 16.0 Å². The Balaban J connectivity index is 1.49. The number of piperidine rings is 1. The quantitative estimate of drug-likeness (QED) is 0.300. The molecule has 0 bridgehead atoms. The van der Waals surface area contributed by atoms with Gasteiger partial charge < -0.3 is 10.2 Å². The van der Waals surface area contributed by atoms with Gasteiger partial charge in [0.1, 0.15) is 5.15 Å². The second-order valence-electron chi connectivity index (χ2n) is 10.8. The van der Waals surface area contributed by atoms with Gasteiger partial charge in [0.15, 0.2) is 5.69 Å². The third-order valence-electron chi connectivity index (χ3n) is 7.38. The highest BCUT2D eigenvalue weighted by atomic mass is 35.5. The summed E-state index contributed by atoms with van der Waals surface area (Å²) in [5, 5.41) is 8.25. The molecule has 0 aliphatic carbocycles. The number of hydrogen-bond acceptors (Lipinski definition) is 9. The van der Waals surface area contributed by atoms with Gasteiger partial charge in [-0.05, 0) is 62.9 Å². The topological polar surface area (TPSA) is 144 Å². The van der Waals surface area contributed by atoms with Gasteiger partial charge in [-0.25, -0.2) is 23.1 Å². The van der Waals surface area contributed by atoms with Gasteiger partial charge in [0, 0.05) is 31.9 Å². The van der Waals surface area contributed by atoms with Crippen molar-refractivity contribution in [2.45, 2.75) is 45.7 Å². The third-order valence-corrected chi connectivity index (χ3v) is 8.14. The number of hydrogen-bond donors (Lipinski definition) is 2. The predicted octanol–water partition coefficient (Wildman–Crippen LogP) is 3.50. The molecule has 2 N–H and O–H groups in total. The van der Waals surface area contributed by atoms with E-state index >= 15 is 0 Å². The first-order valence-electron chi connectivity index (χ1n) is 13.5. The average molecular weight is 613 g/mol. The highest BCUT2D eigenvalue weighted by Crippen LogP contribution is 2.30. The van der Waals surface area contributed by atoms with Crippen LogP contribution in [0.25, 0.3) is 10.9 Å². The van der Waals surface area contributed by atoms with Crippen LogP contribution in [0.4, 0.5) is 11.6 Å². The summed E-state index contributed by atoms with van der Waals surface area (Å²) in [6.45, 7) is 7.24. The van der Waals surface area contributed by atoms with Gasteiger partial charge in [0.25, 0.3) is 11.5 Å². The number of rotatable bonds is 7. The third kappa shape index (κ3) is 6.12. The van der Waals surface area contributed by atoms with E-state index in [1.54, 1.807) is 17.7 Å². The normalized spacial score (nSPS) is 15.1. The molecule has 0 saturated carbocycles. The summed E-state index contributed by atoms with van der Waals surface area (Å²) in [5.74, 6) is -0.326. The lowest BCUT2D eigenvalue weighted by molar-refractivity contribution is 0.0977. The van der Waals surface area contributed by atoms with Crippen molar-refractivity contribution in [1.82, 2.24) is 29.0 Å². The second-order valence-corrected chi connectivity index (χ2v) is 13.0. The van der Waals surface area contributed by atoms with Crippen LogP contribution in [-0.2, 0) is 17.1 Å². The van der Waals surface area contributed by atoms with Crippen LogP contribution in [0.2, 0.25) is 5.15 Å². The number of carbonyl (C=O) groups is 1. The molecule has 1 aliphatic heterocycles. The number of aryl methyl sites for hydroxylation is 2. The van der Waals surface area contributed by atoms with Crippen LogP contribution in [0.5, 0.6) is 0 Å². The number of pyridine rings is 1. The molecule has 1 aliphatic rings. The molecule has 222 valence electrons. The zero-order chi connectivity index (χ0) is 30.3. The summed E-state index contributed by atoms with van der Waals surface area (Å²) in [7, 11) is -2.09. The fourth-order valence-corrected chi connectivity index (χ4v) is 5.95. The first-order chi connectivity index (χ1) is 19.8. The van der Waals surface area contributed by atoms with Crippen molar-refractivity contribution in [2.24, 2.45) is 7.05 Å². The molecular weight excluding hydrogens is 580 g/mol. The number of halogens is 1. The molecule has 1 saturated heterocycles. The molecule has 5 rings (SSSR count). The number of fused-ring (bicyclic) bond motifs is 1. The van der Waals surface area contributed by atoms with E-state index in [1.807, 2.05) is 48.5 Å². The zero-order valence-electron chi connectivity index (χ0n) is 24.0. The maximum atomic E-state index is 13.6. The number of anilines is 2. The summed E-state index contributed by atoms with van der Waals surface area (Å²) in [4.78, 5) is 37.5. The second kappa shape index (κ2) is 11.4. The lowest BCUT2D eigenvalue weighted by Crippen LogP contribution is -2.39. The minimum absolute atomic E-state index is 0.0362. The molecule has 1 aromatic carbocycles. The molecule has 1 fully saturated rings. The Labute approximate surface area is 248 Å². The van der Waals surface area contributed by atoms with Crippen LogP contribution in [0, 0.1) is 13.8 Å². The van der Waals surface area contributed by atoms with Crippen molar-refractivity contribution in [2.75, 3.05) is 29.6 Å². The van der Waals surface area contributed by atoms with Crippen molar-refractivity contribution >= 4 is 50.1 Å². The van der Waals surface area contributed by atoms with Crippen molar-refractivity contribution in [1.29, 1.82) is 0 Å². The highest BCUT2D eigenvalue weighted by molar-refractivity contribution is 7.89. The Morgan fingerprint density at radius 2 is 1.83 bits per heavy atom. The molecule has 0 spiro atoms. The molecule has 14 heteroatoms. The molecule has 1 atom stereocenters. The standard InChI is InChI=1S/C28H33ClN8O4S/c1-16-12-20(18(3)31-22-6-7-23(29)32-25(22)26(38)34-42(5,40)41)24-21(13-16)27(39)35(4)28(33-24)36-10-8-19(9-11-36)37-15-17(2)14-30-37/h6-7,12-15,18-19,31H,8-11H2,1-5H3,(H,34,38)/t18-/m1/s1.